The average molecular weight is 513 g/mol. The molecule has 0 aliphatic heterocycles. The molecule has 0 saturated carbocycles. The van der Waals surface area contributed by atoms with E-state index in [4.69, 9.17) is 4.74 Å². The van der Waals surface area contributed by atoms with Crippen LogP contribution in [-0.4, -0.2) is 31.7 Å². The second kappa shape index (κ2) is 12.1. The Morgan fingerprint density at radius 3 is 1.87 bits per heavy atom. The Kier molecular flexibility index (Phi) is 8.24. The number of hydrogen-bond donors (Lipinski definition) is 0. The lowest BCUT2D eigenvalue weighted by molar-refractivity contribution is -0.903. The van der Waals surface area contributed by atoms with Crippen molar-refractivity contribution in [3.05, 3.63) is 150 Å². The van der Waals surface area contributed by atoms with Crippen molar-refractivity contribution in [2.75, 3.05) is 27.2 Å². The Hall–Kier alpha value is -4.14. The van der Waals surface area contributed by atoms with Crippen molar-refractivity contribution in [3.8, 4) is 5.75 Å². The van der Waals surface area contributed by atoms with Gasteiger partial charge in [0, 0.05) is 5.56 Å². The molecule has 196 valence electrons. The topological polar surface area (TPSA) is 9.23 Å². The molecular formula is C37H38NO+. The van der Waals surface area contributed by atoms with Gasteiger partial charge in [-0.15, -0.1) is 0 Å². The van der Waals surface area contributed by atoms with Crippen LogP contribution < -0.4 is 4.74 Å². The van der Waals surface area contributed by atoms with Crippen LogP contribution in [0.1, 0.15) is 35.6 Å². The van der Waals surface area contributed by atoms with Crippen LogP contribution in [0.5, 0.6) is 5.75 Å². The summed E-state index contributed by atoms with van der Waals surface area (Å²) in [6, 6.07) is 45.4. The molecule has 5 rings (SSSR count). The standard InChI is InChI=1S/C37H38NO/c1-4-36(31-14-7-5-8-15-31)37(32-16-9-6-10-17-32)33-21-23-35(24-22-33)39-26-25-38(2,3)28-29-19-20-30-13-11-12-18-34(30)27-29/h5-24,27H,4,25-26,28H2,1-3H3/q+1/b37-36-. The highest BCUT2D eigenvalue weighted by atomic mass is 16.5. The Morgan fingerprint density at radius 2 is 1.21 bits per heavy atom. The van der Waals surface area contributed by atoms with Gasteiger partial charge >= 0.3 is 0 Å². The van der Waals surface area contributed by atoms with Crippen molar-refractivity contribution < 1.29 is 9.22 Å². The number of fused-ring (bicyclic) bond motifs is 1. The van der Waals surface area contributed by atoms with Crippen molar-refractivity contribution in [3.63, 3.8) is 0 Å². The summed E-state index contributed by atoms with van der Waals surface area (Å²) in [5, 5.41) is 2.59. The predicted octanol–water partition coefficient (Wildman–Crippen LogP) is 8.86. The molecule has 0 aromatic heterocycles. The Labute approximate surface area is 233 Å². The zero-order chi connectivity index (χ0) is 27.1. The van der Waals surface area contributed by atoms with Crippen molar-refractivity contribution in [2.45, 2.75) is 19.9 Å². The first-order valence-corrected chi connectivity index (χ1v) is 13.9. The van der Waals surface area contributed by atoms with E-state index in [0.717, 1.165) is 29.7 Å². The highest BCUT2D eigenvalue weighted by Crippen LogP contribution is 2.35. The van der Waals surface area contributed by atoms with Gasteiger partial charge in [-0.3, -0.25) is 0 Å². The second-order valence-corrected chi connectivity index (χ2v) is 10.8. The van der Waals surface area contributed by atoms with Gasteiger partial charge in [0.2, 0.25) is 0 Å². The maximum atomic E-state index is 6.23. The van der Waals surface area contributed by atoms with E-state index in [0.29, 0.717) is 6.61 Å². The van der Waals surface area contributed by atoms with E-state index < -0.39 is 0 Å². The minimum atomic E-state index is 0.672. The number of allylic oxidation sites excluding steroid dienone is 1. The first kappa shape index (κ1) is 26.5. The highest BCUT2D eigenvalue weighted by molar-refractivity contribution is 5.98. The van der Waals surface area contributed by atoms with Crippen LogP contribution in [0.2, 0.25) is 0 Å². The van der Waals surface area contributed by atoms with Crippen molar-refractivity contribution in [1.82, 2.24) is 0 Å². The SMILES string of the molecule is CC/C(=C(\c1ccccc1)c1ccc(OCC[N+](C)(C)Cc2ccc3ccccc3c2)cc1)c1ccccc1. The second-order valence-electron chi connectivity index (χ2n) is 10.8. The largest absolute Gasteiger partial charge is 0.488 e. The molecule has 0 N–H and O–H groups in total. The van der Waals surface area contributed by atoms with Crippen LogP contribution in [0.3, 0.4) is 0 Å². The molecule has 0 bridgehead atoms. The molecule has 2 nitrogen and oxygen atoms in total. The van der Waals surface area contributed by atoms with Crippen LogP contribution in [-0.2, 0) is 6.54 Å². The molecule has 0 heterocycles. The summed E-state index contributed by atoms with van der Waals surface area (Å²) >= 11 is 0. The minimum absolute atomic E-state index is 0.672. The van der Waals surface area contributed by atoms with Crippen LogP contribution in [0.15, 0.2) is 127 Å². The fourth-order valence-corrected chi connectivity index (χ4v) is 5.32. The van der Waals surface area contributed by atoms with Gasteiger partial charge in [-0.25, -0.2) is 0 Å². The van der Waals surface area contributed by atoms with E-state index >= 15 is 0 Å². The maximum Gasteiger partial charge on any atom is 0.137 e. The molecule has 5 aromatic rings. The fraction of sp³-hybridized carbons (Fsp3) is 0.189. The highest BCUT2D eigenvalue weighted by Gasteiger charge is 2.17. The Bertz CT molecular complexity index is 1530. The number of rotatable bonds is 10. The van der Waals surface area contributed by atoms with Gasteiger partial charge in [0.1, 0.15) is 25.4 Å². The summed E-state index contributed by atoms with van der Waals surface area (Å²) in [5.74, 6) is 0.912. The first-order chi connectivity index (χ1) is 19.0. The van der Waals surface area contributed by atoms with Crippen LogP contribution in [0.25, 0.3) is 21.9 Å². The monoisotopic (exact) mass is 512 g/mol. The van der Waals surface area contributed by atoms with Crippen LogP contribution >= 0.6 is 0 Å². The summed E-state index contributed by atoms with van der Waals surface area (Å²) in [7, 11) is 4.54. The molecule has 39 heavy (non-hydrogen) atoms. The van der Waals surface area contributed by atoms with E-state index in [9.17, 15) is 0 Å². The van der Waals surface area contributed by atoms with Crippen molar-refractivity contribution in [1.29, 1.82) is 0 Å². The van der Waals surface area contributed by atoms with Gasteiger partial charge in [0.05, 0.1) is 14.1 Å². The van der Waals surface area contributed by atoms with Crippen molar-refractivity contribution in [2.24, 2.45) is 0 Å². The molecule has 2 heteroatoms. The molecule has 0 aliphatic rings. The smallest absolute Gasteiger partial charge is 0.137 e. The molecule has 0 amide bonds. The van der Waals surface area contributed by atoms with E-state index in [1.807, 2.05) is 0 Å². The Balaban J connectivity index is 1.29. The first-order valence-electron chi connectivity index (χ1n) is 13.9. The third kappa shape index (κ3) is 6.66. The summed E-state index contributed by atoms with van der Waals surface area (Å²) in [4.78, 5) is 0. The molecule has 0 atom stereocenters. The third-order valence-electron chi connectivity index (χ3n) is 7.37. The average Bonchev–Trinajstić information content (AvgIpc) is 2.97. The molecule has 5 aromatic carbocycles. The lowest BCUT2D eigenvalue weighted by Gasteiger charge is -2.30. The molecule has 0 unspecified atom stereocenters. The number of likely N-dealkylation sites (N-methyl/N-ethyl adjacent to an activating group) is 1. The summed E-state index contributed by atoms with van der Waals surface area (Å²) in [5.41, 5.74) is 7.70. The predicted molar refractivity (Wildman–Crippen MR) is 166 cm³/mol. The van der Waals surface area contributed by atoms with E-state index in [-0.39, 0.29) is 0 Å². The minimum Gasteiger partial charge on any atom is -0.488 e. The van der Waals surface area contributed by atoms with Crippen molar-refractivity contribution >= 4 is 21.9 Å². The number of nitrogens with zero attached hydrogens (tertiary/aromatic N) is 1. The number of quaternary nitrogens is 1. The summed E-state index contributed by atoms with van der Waals surface area (Å²) in [6.45, 7) is 4.81. The van der Waals surface area contributed by atoms with E-state index in [1.54, 1.807) is 0 Å². The van der Waals surface area contributed by atoms with E-state index in [1.165, 1.54) is 44.2 Å². The van der Waals surface area contributed by atoms with Gasteiger partial charge in [0.15, 0.2) is 0 Å². The third-order valence-corrected chi connectivity index (χ3v) is 7.37. The van der Waals surface area contributed by atoms with Gasteiger partial charge in [-0.1, -0.05) is 116 Å². The molecule has 0 spiro atoms. The Morgan fingerprint density at radius 1 is 0.615 bits per heavy atom. The molecular weight excluding hydrogens is 474 g/mol. The summed E-state index contributed by atoms with van der Waals surface area (Å²) < 4.78 is 7.10. The van der Waals surface area contributed by atoms with Crippen LogP contribution in [0, 0.1) is 0 Å². The quantitative estimate of drug-likeness (QED) is 0.134. The number of hydrogen-bond acceptors (Lipinski definition) is 1. The van der Waals surface area contributed by atoms with Gasteiger partial charge in [-0.05, 0) is 63.2 Å². The van der Waals surface area contributed by atoms with Gasteiger partial charge < -0.3 is 9.22 Å². The van der Waals surface area contributed by atoms with E-state index in [2.05, 4.69) is 148 Å². The number of benzene rings is 5. The fourth-order valence-electron chi connectivity index (χ4n) is 5.32. The molecule has 0 aliphatic carbocycles. The lowest BCUT2D eigenvalue weighted by Crippen LogP contribution is -2.41. The zero-order valence-corrected chi connectivity index (χ0v) is 23.3. The number of ether oxygens (including phenoxy) is 1. The molecule has 0 fully saturated rings. The normalized spacial score (nSPS) is 12.3. The zero-order valence-electron chi connectivity index (χ0n) is 23.3. The maximum absolute atomic E-state index is 6.23. The molecule has 0 saturated heterocycles. The van der Waals surface area contributed by atoms with Crippen LogP contribution in [0.4, 0.5) is 0 Å². The van der Waals surface area contributed by atoms with Gasteiger partial charge in [0.25, 0.3) is 0 Å². The molecule has 0 radical (unpaired) electrons. The summed E-state index contributed by atoms with van der Waals surface area (Å²) in [6.07, 6.45) is 0.955. The lowest BCUT2D eigenvalue weighted by atomic mass is 9.88. The van der Waals surface area contributed by atoms with Gasteiger partial charge in [-0.2, -0.15) is 0 Å².